The summed E-state index contributed by atoms with van der Waals surface area (Å²) in [6, 6.07) is 21.5. The fourth-order valence-electron chi connectivity index (χ4n) is 3.40. The molecule has 0 bridgehead atoms. The summed E-state index contributed by atoms with van der Waals surface area (Å²) in [5.41, 5.74) is 2.72. The van der Waals surface area contributed by atoms with Crippen LogP contribution in [0.4, 0.5) is 0 Å². The van der Waals surface area contributed by atoms with Crippen molar-refractivity contribution in [1.82, 2.24) is 10.2 Å². The van der Waals surface area contributed by atoms with Crippen molar-refractivity contribution in [2.24, 2.45) is 0 Å². The van der Waals surface area contributed by atoms with Gasteiger partial charge < -0.3 is 10.2 Å². The Hall–Kier alpha value is -2.53. The lowest BCUT2D eigenvalue weighted by Gasteiger charge is -2.29. The number of nitrogens with one attached hydrogen (secondary N) is 1. The van der Waals surface area contributed by atoms with E-state index in [-0.39, 0.29) is 18.4 Å². The van der Waals surface area contributed by atoms with Gasteiger partial charge in [0.2, 0.25) is 11.8 Å². The molecule has 3 rings (SSSR count). The second kappa shape index (κ2) is 12.1. The third kappa shape index (κ3) is 7.50. The summed E-state index contributed by atoms with van der Waals surface area (Å²) in [4.78, 5) is 27.7. The highest BCUT2D eigenvalue weighted by Crippen LogP contribution is 2.21. The molecule has 1 atom stereocenters. The number of carbonyl (C=O) groups excluding carboxylic acids is 2. The first-order valence-corrected chi connectivity index (χ1v) is 11.8. The molecule has 0 radical (unpaired) electrons. The highest BCUT2D eigenvalue weighted by atomic mass is 35.5. The van der Waals surface area contributed by atoms with Crippen LogP contribution in [0.3, 0.4) is 0 Å². The van der Waals surface area contributed by atoms with E-state index < -0.39 is 6.04 Å². The Morgan fingerprint density at radius 1 is 0.879 bits per heavy atom. The lowest BCUT2D eigenvalue weighted by Crippen LogP contribution is -2.47. The van der Waals surface area contributed by atoms with E-state index in [1.807, 2.05) is 42.5 Å². The SMILES string of the molecule is CC(C(=O)NCc1ccc(Cl)cc1Cl)N(Cc1ccc(Cl)cc1)C(=O)CCc1ccccc1. The average Bonchev–Trinajstić information content (AvgIpc) is 2.81. The number of benzene rings is 3. The van der Waals surface area contributed by atoms with E-state index in [9.17, 15) is 9.59 Å². The minimum Gasteiger partial charge on any atom is -0.350 e. The van der Waals surface area contributed by atoms with Gasteiger partial charge in [-0.15, -0.1) is 0 Å². The quantitative estimate of drug-likeness (QED) is 0.372. The normalized spacial score (nSPS) is 11.6. The maximum Gasteiger partial charge on any atom is 0.242 e. The molecule has 0 spiro atoms. The Bertz CT molecular complexity index is 1090. The smallest absolute Gasteiger partial charge is 0.242 e. The Kier molecular flexibility index (Phi) is 9.19. The maximum absolute atomic E-state index is 13.2. The predicted octanol–water partition coefficient (Wildman–Crippen LogP) is 6.31. The number of amides is 2. The summed E-state index contributed by atoms with van der Waals surface area (Å²) in [5, 5.41) is 4.51. The van der Waals surface area contributed by atoms with E-state index >= 15 is 0 Å². The van der Waals surface area contributed by atoms with Gasteiger partial charge in [-0.1, -0.05) is 83.3 Å². The first-order chi connectivity index (χ1) is 15.8. The van der Waals surface area contributed by atoms with Gasteiger partial charge in [0.1, 0.15) is 6.04 Å². The number of carbonyl (C=O) groups is 2. The van der Waals surface area contributed by atoms with Crippen molar-refractivity contribution < 1.29 is 9.59 Å². The van der Waals surface area contributed by atoms with Gasteiger partial charge in [0.15, 0.2) is 0 Å². The van der Waals surface area contributed by atoms with Crippen molar-refractivity contribution in [2.75, 3.05) is 0 Å². The lowest BCUT2D eigenvalue weighted by molar-refractivity contribution is -0.140. The van der Waals surface area contributed by atoms with Gasteiger partial charge in [-0.3, -0.25) is 9.59 Å². The lowest BCUT2D eigenvalue weighted by atomic mass is 10.1. The number of nitrogens with zero attached hydrogens (tertiary/aromatic N) is 1. The zero-order valence-electron chi connectivity index (χ0n) is 18.2. The van der Waals surface area contributed by atoms with Crippen LogP contribution in [-0.2, 0) is 29.1 Å². The van der Waals surface area contributed by atoms with Crippen molar-refractivity contribution in [3.8, 4) is 0 Å². The minimum absolute atomic E-state index is 0.0963. The number of halogens is 3. The standard InChI is InChI=1S/C26H25Cl3N2O2/c1-18(26(33)30-16-21-10-13-23(28)15-24(21)29)31(17-20-7-11-22(27)12-8-20)25(32)14-9-19-5-3-2-4-6-19/h2-8,10-13,15,18H,9,14,16-17H2,1H3,(H,30,33). The summed E-state index contributed by atoms with van der Waals surface area (Å²) in [5.74, 6) is -0.357. The van der Waals surface area contributed by atoms with Crippen molar-refractivity contribution in [3.05, 3.63) is 105 Å². The molecule has 2 amide bonds. The molecular formula is C26H25Cl3N2O2. The molecule has 0 heterocycles. The van der Waals surface area contributed by atoms with Crippen LogP contribution >= 0.6 is 34.8 Å². The Morgan fingerprint density at radius 2 is 1.55 bits per heavy atom. The van der Waals surface area contributed by atoms with Gasteiger partial charge in [-0.05, 0) is 54.3 Å². The molecule has 3 aromatic carbocycles. The first-order valence-electron chi connectivity index (χ1n) is 10.6. The van der Waals surface area contributed by atoms with Gasteiger partial charge in [0.25, 0.3) is 0 Å². The maximum atomic E-state index is 13.2. The topological polar surface area (TPSA) is 49.4 Å². The van der Waals surface area contributed by atoms with Crippen LogP contribution in [0, 0.1) is 0 Å². The van der Waals surface area contributed by atoms with Crippen molar-refractivity contribution in [3.63, 3.8) is 0 Å². The monoisotopic (exact) mass is 502 g/mol. The summed E-state index contributed by atoms with van der Waals surface area (Å²) in [6.45, 7) is 2.28. The van der Waals surface area contributed by atoms with E-state index in [2.05, 4.69) is 5.32 Å². The molecule has 7 heteroatoms. The van der Waals surface area contributed by atoms with Gasteiger partial charge in [0.05, 0.1) is 0 Å². The molecule has 33 heavy (non-hydrogen) atoms. The molecule has 0 aromatic heterocycles. The molecule has 0 aliphatic heterocycles. The third-order valence-electron chi connectivity index (χ3n) is 5.37. The molecular weight excluding hydrogens is 479 g/mol. The van der Waals surface area contributed by atoms with E-state index in [0.29, 0.717) is 34.5 Å². The average molecular weight is 504 g/mol. The molecule has 4 nitrogen and oxygen atoms in total. The Morgan fingerprint density at radius 3 is 2.21 bits per heavy atom. The van der Waals surface area contributed by atoms with Crippen LogP contribution in [0.1, 0.15) is 30.0 Å². The van der Waals surface area contributed by atoms with Crippen molar-refractivity contribution in [1.29, 1.82) is 0 Å². The number of hydrogen-bond donors (Lipinski definition) is 1. The van der Waals surface area contributed by atoms with Gasteiger partial charge in [-0.2, -0.15) is 0 Å². The molecule has 0 aliphatic carbocycles. The molecule has 0 aliphatic rings. The zero-order valence-corrected chi connectivity index (χ0v) is 20.5. The third-order valence-corrected chi connectivity index (χ3v) is 6.21. The van der Waals surface area contributed by atoms with Crippen molar-refractivity contribution >= 4 is 46.6 Å². The summed E-state index contributed by atoms with van der Waals surface area (Å²) < 4.78 is 0. The van der Waals surface area contributed by atoms with Crippen LogP contribution in [0.2, 0.25) is 15.1 Å². The zero-order chi connectivity index (χ0) is 23.8. The second-order valence-corrected chi connectivity index (χ2v) is 9.04. The van der Waals surface area contributed by atoms with E-state index in [4.69, 9.17) is 34.8 Å². The summed E-state index contributed by atoms with van der Waals surface area (Å²) in [6.07, 6.45) is 0.906. The summed E-state index contributed by atoms with van der Waals surface area (Å²) >= 11 is 18.2. The molecule has 172 valence electrons. The van der Waals surface area contributed by atoms with Gasteiger partial charge in [0, 0.05) is 34.6 Å². The van der Waals surface area contributed by atoms with Crippen LogP contribution < -0.4 is 5.32 Å². The molecule has 0 fully saturated rings. The van der Waals surface area contributed by atoms with Crippen LogP contribution in [-0.4, -0.2) is 22.8 Å². The van der Waals surface area contributed by atoms with Crippen LogP contribution in [0.15, 0.2) is 72.8 Å². The number of rotatable bonds is 9. The molecule has 0 saturated heterocycles. The fourth-order valence-corrected chi connectivity index (χ4v) is 4.01. The highest BCUT2D eigenvalue weighted by Gasteiger charge is 2.26. The van der Waals surface area contributed by atoms with E-state index in [0.717, 1.165) is 16.7 Å². The minimum atomic E-state index is -0.671. The molecule has 1 N–H and O–H groups in total. The van der Waals surface area contributed by atoms with E-state index in [1.54, 1.807) is 42.2 Å². The largest absolute Gasteiger partial charge is 0.350 e. The van der Waals surface area contributed by atoms with E-state index in [1.165, 1.54) is 0 Å². The second-order valence-electron chi connectivity index (χ2n) is 7.76. The van der Waals surface area contributed by atoms with Crippen LogP contribution in [0.25, 0.3) is 0 Å². The molecule has 0 saturated carbocycles. The van der Waals surface area contributed by atoms with Crippen LogP contribution in [0.5, 0.6) is 0 Å². The highest BCUT2D eigenvalue weighted by molar-refractivity contribution is 6.35. The predicted molar refractivity (Wildman–Crippen MR) is 135 cm³/mol. The Labute approximate surface area is 209 Å². The number of aryl methyl sites for hydroxylation is 1. The van der Waals surface area contributed by atoms with Crippen molar-refractivity contribution in [2.45, 2.75) is 38.9 Å². The Balaban J connectivity index is 1.70. The van der Waals surface area contributed by atoms with Gasteiger partial charge in [-0.25, -0.2) is 0 Å². The van der Waals surface area contributed by atoms with Gasteiger partial charge >= 0.3 is 0 Å². The molecule has 3 aromatic rings. The number of hydrogen-bond acceptors (Lipinski definition) is 2. The molecule has 1 unspecified atom stereocenters. The first kappa shape index (κ1) is 25.1. The fraction of sp³-hybridized carbons (Fsp3) is 0.231. The summed E-state index contributed by atoms with van der Waals surface area (Å²) in [7, 11) is 0.